The third-order valence-corrected chi connectivity index (χ3v) is 5.62. The maximum absolute atomic E-state index is 4.58. The Balaban J connectivity index is 1.51. The molecule has 134 valence electrons. The average molecular weight is 340 g/mol. The number of aromatic nitrogens is 4. The van der Waals surface area contributed by atoms with Crippen LogP contribution in [0, 0.1) is 5.92 Å². The number of rotatable bonds is 5. The van der Waals surface area contributed by atoms with Crippen LogP contribution in [0.3, 0.4) is 0 Å². The van der Waals surface area contributed by atoms with Crippen LogP contribution < -0.4 is 5.32 Å². The van der Waals surface area contributed by atoms with E-state index in [4.69, 9.17) is 0 Å². The molecule has 0 amide bonds. The first kappa shape index (κ1) is 16.5. The van der Waals surface area contributed by atoms with Gasteiger partial charge >= 0.3 is 0 Å². The topological polar surface area (TPSA) is 58.9 Å². The van der Waals surface area contributed by atoms with Crippen molar-refractivity contribution in [3.05, 3.63) is 24.8 Å². The molecule has 2 aromatic heterocycles. The molecule has 0 radical (unpaired) electrons. The van der Waals surface area contributed by atoms with E-state index in [1.54, 1.807) is 0 Å². The average Bonchev–Trinajstić information content (AvgIpc) is 3.11. The molecule has 2 fully saturated rings. The first-order valence-electron chi connectivity index (χ1n) is 9.66. The van der Waals surface area contributed by atoms with E-state index < -0.39 is 0 Å². The molecule has 6 nitrogen and oxygen atoms in total. The number of nitrogens with one attached hydrogen (secondary N) is 1. The number of piperidine rings is 2. The van der Waals surface area contributed by atoms with Gasteiger partial charge in [-0.25, -0.2) is 15.0 Å². The Morgan fingerprint density at radius 3 is 2.76 bits per heavy atom. The molecule has 2 aliphatic rings. The second kappa shape index (κ2) is 7.52. The fourth-order valence-corrected chi connectivity index (χ4v) is 4.45. The maximum Gasteiger partial charge on any atom is 0.222 e. The minimum absolute atomic E-state index is 0.675. The summed E-state index contributed by atoms with van der Waals surface area (Å²) in [5.74, 6) is 2.38. The third-order valence-electron chi connectivity index (χ3n) is 5.62. The molecule has 2 saturated heterocycles. The largest absolute Gasteiger partial charge is 0.355 e. The molecule has 6 heteroatoms. The summed E-state index contributed by atoms with van der Waals surface area (Å²) in [6.45, 7) is 6.50. The fourth-order valence-electron chi connectivity index (χ4n) is 4.45. The Morgan fingerprint density at radius 1 is 1.08 bits per heavy atom. The van der Waals surface area contributed by atoms with Crippen molar-refractivity contribution in [1.82, 2.24) is 24.4 Å². The normalized spacial score (nSPS) is 24.0. The van der Waals surface area contributed by atoms with Gasteiger partial charge in [0, 0.05) is 43.9 Å². The zero-order valence-corrected chi connectivity index (χ0v) is 15.1. The lowest BCUT2D eigenvalue weighted by atomic mass is 9.83. The highest BCUT2D eigenvalue weighted by Gasteiger charge is 2.33. The zero-order valence-electron chi connectivity index (χ0n) is 15.1. The molecule has 25 heavy (non-hydrogen) atoms. The predicted molar refractivity (Wildman–Crippen MR) is 99.4 cm³/mol. The molecule has 4 rings (SSSR count). The van der Waals surface area contributed by atoms with Crippen molar-refractivity contribution in [1.29, 1.82) is 0 Å². The van der Waals surface area contributed by atoms with E-state index in [1.165, 1.54) is 45.2 Å². The van der Waals surface area contributed by atoms with Crippen LogP contribution >= 0.6 is 0 Å². The molecule has 2 atom stereocenters. The molecule has 0 unspecified atom stereocenters. The summed E-state index contributed by atoms with van der Waals surface area (Å²) in [4.78, 5) is 16.1. The highest BCUT2D eigenvalue weighted by atomic mass is 15.2. The minimum Gasteiger partial charge on any atom is -0.355 e. The maximum atomic E-state index is 4.58. The van der Waals surface area contributed by atoms with E-state index in [1.807, 2.05) is 25.5 Å². The summed E-state index contributed by atoms with van der Waals surface area (Å²) in [5.41, 5.74) is 0.989. The van der Waals surface area contributed by atoms with E-state index in [2.05, 4.69) is 35.9 Å². The second-order valence-corrected chi connectivity index (χ2v) is 7.23. The van der Waals surface area contributed by atoms with Gasteiger partial charge in [0.1, 0.15) is 5.82 Å². The number of fused-ring (bicyclic) bond motifs is 1. The third kappa shape index (κ3) is 3.54. The highest BCUT2D eigenvalue weighted by molar-refractivity contribution is 5.53. The summed E-state index contributed by atoms with van der Waals surface area (Å²) < 4.78 is 2.30. The molecular formula is C19H28N6. The minimum atomic E-state index is 0.675. The monoisotopic (exact) mass is 340 g/mol. The molecule has 0 aliphatic carbocycles. The zero-order chi connectivity index (χ0) is 17.1. The SMILES string of the molecule is CCNc1ncc(-c2nccn2C[C@@H]2CCCN3CCCC[C@H]23)cn1. The van der Waals surface area contributed by atoms with Crippen molar-refractivity contribution in [2.24, 2.45) is 5.92 Å². The van der Waals surface area contributed by atoms with Gasteiger partial charge < -0.3 is 14.8 Å². The number of anilines is 1. The summed E-state index contributed by atoms with van der Waals surface area (Å²) in [5, 5.41) is 3.14. The van der Waals surface area contributed by atoms with Gasteiger partial charge in [-0.05, 0) is 51.6 Å². The van der Waals surface area contributed by atoms with Crippen LogP contribution in [-0.4, -0.2) is 50.1 Å². The van der Waals surface area contributed by atoms with Crippen LogP contribution in [0.2, 0.25) is 0 Å². The van der Waals surface area contributed by atoms with Crippen LogP contribution in [0.1, 0.15) is 39.0 Å². The summed E-state index contributed by atoms with van der Waals surface area (Å²) in [6.07, 6.45) is 14.5. The molecular weight excluding hydrogens is 312 g/mol. The predicted octanol–water partition coefficient (Wildman–Crippen LogP) is 3.04. The standard InChI is InChI=1S/C19H28N6/c1-2-20-19-22-12-16(13-23-19)18-21-8-11-25(18)14-15-6-5-10-24-9-4-3-7-17(15)24/h8,11-13,15,17H,2-7,9-10,14H2,1H3,(H,20,22,23)/t15-,17+/m0/s1. The molecule has 0 saturated carbocycles. The summed E-state index contributed by atoms with van der Waals surface area (Å²) in [7, 11) is 0. The summed E-state index contributed by atoms with van der Waals surface area (Å²) >= 11 is 0. The first-order valence-corrected chi connectivity index (χ1v) is 9.66. The van der Waals surface area contributed by atoms with Crippen molar-refractivity contribution < 1.29 is 0 Å². The molecule has 2 aromatic rings. The Labute approximate surface area is 149 Å². The van der Waals surface area contributed by atoms with Crippen LogP contribution in [0.4, 0.5) is 5.95 Å². The highest BCUT2D eigenvalue weighted by Crippen LogP contribution is 2.32. The quantitative estimate of drug-likeness (QED) is 0.906. The molecule has 1 N–H and O–H groups in total. The van der Waals surface area contributed by atoms with Gasteiger partial charge in [0.15, 0.2) is 0 Å². The Bertz CT molecular complexity index is 677. The van der Waals surface area contributed by atoms with Crippen LogP contribution in [0.5, 0.6) is 0 Å². The molecule has 2 aliphatic heterocycles. The Morgan fingerprint density at radius 2 is 1.92 bits per heavy atom. The van der Waals surface area contributed by atoms with E-state index in [0.29, 0.717) is 5.95 Å². The van der Waals surface area contributed by atoms with Crippen molar-refractivity contribution >= 4 is 5.95 Å². The lowest BCUT2D eigenvalue weighted by Gasteiger charge is -2.44. The number of hydrogen-bond donors (Lipinski definition) is 1. The number of hydrogen-bond acceptors (Lipinski definition) is 5. The van der Waals surface area contributed by atoms with E-state index in [9.17, 15) is 0 Å². The first-order chi connectivity index (χ1) is 12.3. The van der Waals surface area contributed by atoms with Crippen molar-refractivity contribution in [3.8, 4) is 11.4 Å². The fraction of sp³-hybridized carbons (Fsp3) is 0.632. The van der Waals surface area contributed by atoms with Crippen molar-refractivity contribution in [3.63, 3.8) is 0 Å². The van der Waals surface area contributed by atoms with Gasteiger partial charge in [0.25, 0.3) is 0 Å². The van der Waals surface area contributed by atoms with Crippen molar-refractivity contribution in [2.45, 2.75) is 51.6 Å². The summed E-state index contributed by atoms with van der Waals surface area (Å²) in [6, 6.07) is 0.755. The van der Waals surface area contributed by atoms with Gasteiger partial charge in [0.05, 0.1) is 5.56 Å². The van der Waals surface area contributed by atoms with Gasteiger partial charge in [0.2, 0.25) is 5.95 Å². The molecule has 0 bridgehead atoms. The van der Waals surface area contributed by atoms with E-state index in [-0.39, 0.29) is 0 Å². The molecule has 0 spiro atoms. The number of nitrogens with zero attached hydrogens (tertiary/aromatic N) is 5. The Hall–Kier alpha value is -1.95. The van der Waals surface area contributed by atoms with Gasteiger partial charge in [-0.1, -0.05) is 6.42 Å². The van der Waals surface area contributed by atoms with E-state index in [0.717, 1.165) is 36.4 Å². The van der Waals surface area contributed by atoms with Crippen LogP contribution in [-0.2, 0) is 6.54 Å². The van der Waals surface area contributed by atoms with Crippen LogP contribution in [0.25, 0.3) is 11.4 Å². The number of imidazole rings is 1. The van der Waals surface area contributed by atoms with E-state index >= 15 is 0 Å². The van der Waals surface area contributed by atoms with Gasteiger partial charge in [-0.3, -0.25) is 0 Å². The second-order valence-electron chi connectivity index (χ2n) is 7.23. The molecule has 0 aromatic carbocycles. The van der Waals surface area contributed by atoms with Gasteiger partial charge in [-0.15, -0.1) is 0 Å². The van der Waals surface area contributed by atoms with Gasteiger partial charge in [-0.2, -0.15) is 0 Å². The van der Waals surface area contributed by atoms with Crippen molar-refractivity contribution in [2.75, 3.05) is 25.0 Å². The Kier molecular flexibility index (Phi) is 4.97. The van der Waals surface area contributed by atoms with Crippen LogP contribution in [0.15, 0.2) is 24.8 Å². The lowest BCUT2D eigenvalue weighted by molar-refractivity contribution is 0.0521. The molecule has 4 heterocycles. The smallest absolute Gasteiger partial charge is 0.222 e. The lowest BCUT2D eigenvalue weighted by Crippen LogP contribution is -2.49.